The standard InChI is InChI=1S/C11H9Cl3N2O2S/c1-16(2)8-4-3-6(19-8)5-7-9(11(12,13)14)15-18-10(7)17/h3-5H,1-2H3. The van der Waals surface area contributed by atoms with E-state index in [0.29, 0.717) is 0 Å². The molecule has 102 valence electrons. The zero-order chi connectivity index (χ0) is 14.2. The summed E-state index contributed by atoms with van der Waals surface area (Å²) in [6, 6.07) is 3.80. The number of thiophene rings is 1. The molecule has 1 aromatic rings. The lowest BCUT2D eigenvalue weighted by atomic mass is 10.1. The highest BCUT2D eigenvalue weighted by atomic mass is 35.6. The number of halogens is 3. The third-order valence-electron chi connectivity index (χ3n) is 2.30. The number of oxime groups is 1. The molecule has 0 fully saturated rings. The highest BCUT2D eigenvalue weighted by Crippen LogP contribution is 2.36. The predicted octanol–water partition coefficient (Wildman–Crippen LogP) is 3.48. The fraction of sp³-hybridized carbons (Fsp3) is 0.273. The quantitative estimate of drug-likeness (QED) is 0.470. The molecule has 0 atom stereocenters. The maximum absolute atomic E-state index is 11.6. The largest absolute Gasteiger partial charge is 0.370 e. The summed E-state index contributed by atoms with van der Waals surface area (Å²) in [5.74, 6) is -0.624. The van der Waals surface area contributed by atoms with Crippen LogP contribution in [0.3, 0.4) is 0 Å². The first-order chi connectivity index (χ1) is 8.79. The van der Waals surface area contributed by atoms with Crippen LogP contribution in [0.5, 0.6) is 0 Å². The number of carbonyl (C=O) groups excluding carboxylic acids is 1. The van der Waals surface area contributed by atoms with Crippen LogP contribution in [-0.4, -0.2) is 29.6 Å². The lowest BCUT2D eigenvalue weighted by Crippen LogP contribution is -2.20. The van der Waals surface area contributed by atoms with Crippen molar-refractivity contribution in [3.05, 3.63) is 22.6 Å². The first kappa shape index (κ1) is 14.7. The van der Waals surface area contributed by atoms with Crippen molar-refractivity contribution in [2.75, 3.05) is 19.0 Å². The smallest absolute Gasteiger partial charge is 0.367 e. The highest BCUT2D eigenvalue weighted by molar-refractivity contribution is 7.17. The molecule has 0 saturated carbocycles. The minimum Gasteiger partial charge on any atom is -0.370 e. The van der Waals surface area contributed by atoms with E-state index in [2.05, 4.69) is 9.99 Å². The van der Waals surface area contributed by atoms with Crippen LogP contribution in [0.1, 0.15) is 4.88 Å². The zero-order valence-corrected chi connectivity index (χ0v) is 13.1. The third kappa shape index (κ3) is 3.23. The van der Waals surface area contributed by atoms with Gasteiger partial charge in [0.05, 0.1) is 10.6 Å². The second-order valence-electron chi connectivity index (χ2n) is 3.94. The van der Waals surface area contributed by atoms with Gasteiger partial charge in [0.1, 0.15) is 5.71 Å². The van der Waals surface area contributed by atoms with Gasteiger partial charge in [-0.3, -0.25) is 0 Å². The molecule has 0 aliphatic carbocycles. The van der Waals surface area contributed by atoms with Crippen molar-refractivity contribution in [2.24, 2.45) is 5.16 Å². The van der Waals surface area contributed by atoms with Crippen molar-refractivity contribution in [3.8, 4) is 0 Å². The maximum atomic E-state index is 11.6. The summed E-state index contributed by atoms with van der Waals surface area (Å²) in [4.78, 5) is 19.0. The molecule has 0 N–H and O–H groups in total. The molecular formula is C11H9Cl3N2O2S. The van der Waals surface area contributed by atoms with Crippen LogP contribution >= 0.6 is 46.1 Å². The van der Waals surface area contributed by atoms with Crippen LogP contribution in [0.25, 0.3) is 6.08 Å². The van der Waals surface area contributed by atoms with Crippen LogP contribution in [0.2, 0.25) is 0 Å². The van der Waals surface area contributed by atoms with Gasteiger partial charge >= 0.3 is 5.97 Å². The van der Waals surface area contributed by atoms with Gasteiger partial charge in [-0.2, -0.15) is 0 Å². The molecule has 1 aliphatic rings. The number of rotatable bonds is 2. The van der Waals surface area contributed by atoms with E-state index in [1.165, 1.54) is 11.3 Å². The molecule has 4 nitrogen and oxygen atoms in total. The van der Waals surface area contributed by atoms with E-state index in [1.807, 2.05) is 31.1 Å². The fourth-order valence-electron chi connectivity index (χ4n) is 1.42. The molecule has 0 spiro atoms. The number of hydrogen-bond acceptors (Lipinski definition) is 5. The second kappa shape index (κ2) is 5.32. The second-order valence-corrected chi connectivity index (χ2v) is 7.32. The summed E-state index contributed by atoms with van der Waals surface area (Å²) in [6.07, 6.45) is 1.60. The number of nitrogens with zero attached hydrogens (tertiary/aromatic N) is 2. The molecule has 1 aromatic heterocycles. The molecule has 19 heavy (non-hydrogen) atoms. The molecule has 1 aliphatic heterocycles. The average Bonchev–Trinajstić information content (AvgIpc) is 2.86. The Kier molecular flexibility index (Phi) is 4.11. The van der Waals surface area contributed by atoms with Crippen LogP contribution < -0.4 is 4.90 Å². The number of alkyl halides is 3. The Hall–Kier alpha value is -0.750. The Morgan fingerprint density at radius 2 is 2.05 bits per heavy atom. The molecule has 0 bridgehead atoms. The minimum absolute atomic E-state index is 0.00213. The van der Waals surface area contributed by atoms with Crippen molar-refractivity contribution < 1.29 is 9.63 Å². The van der Waals surface area contributed by atoms with Gasteiger partial charge in [-0.25, -0.2) is 4.79 Å². The van der Waals surface area contributed by atoms with E-state index in [-0.39, 0.29) is 11.3 Å². The molecule has 2 heterocycles. The summed E-state index contributed by atoms with van der Waals surface area (Å²) >= 11 is 18.7. The van der Waals surface area contributed by atoms with Gasteiger partial charge in [0.2, 0.25) is 3.79 Å². The average molecular weight is 340 g/mol. The first-order valence-corrected chi connectivity index (χ1v) is 7.10. The highest BCUT2D eigenvalue weighted by Gasteiger charge is 2.39. The van der Waals surface area contributed by atoms with E-state index >= 15 is 0 Å². The number of carbonyl (C=O) groups is 1. The Bertz CT molecular complexity index is 573. The van der Waals surface area contributed by atoms with E-state index in [0.717, 1.165) is 9.88 Å². The van der Waals surface area contributed by atoms with Crippen molar-refractivity contribution in [2.45, 2.75) is 3.79 Å². The van der Waals surface area contributed by atoms with Crippen LogP contribution in [0, 0.1) is 0 Å². The predicted molar refractivity (Wildman–Crippen MR) is 80.4 cm³/mol. The molecule has 8 heteroatoms. The molecule has 2 rings (SSSR count). The van der Waals surface area contributed by atoms with Crippen LogP contribution in [-0.2, 0) is 9.63 Å². The number of anilines is 1. The van der Waals surface area contributed by atoms with Gasteiger partial charge in [0.15, 0.2) is 0 Å². The SMILES string of the molecule is CN(C)c1ccc(C=C2C(=O)ON=C2C(Cl)(Cl)Cl)s1. The van der Waals surface area contributed by atoms with Gasteiger partial charge in [-0.1, -0.05) is 40.0 Å². The third-order valence-corrected chi connectivity index (χ3v) is 4.04. The minimum atomic E-state index is -1.79. The van der Waals surface area contributed by atoms with Crippen molar-refractivity contribution in [1.29, 1.82) is 0 Å². The molecule has 0 radical (unpaired) electrons. The Morgan fingerprint density at radius 1 is 1.37 bits per heavy atom. The van der Waals surface area contributed by atoms with E-state index in [4.69, 9.17) is 34.8 Å². The summed E-state index contributed by atoms with van der Waals surface area (Å²) in [5, 5.41) is 4.55. The zero-order valence-electron chi connectivity index (χ0n) is 9.99. The van der Waals surface area contributed by atoms with E-state index < -0.39 is 9.76 Å². The lowest BCUT2D eigenvalue weighted by molar-refractivity contribution is -0.136. The fourth-order valence-corrected chi connectivity index (χ4v) is 2.70. The molecular weight excluding hydrogens is 331 g/mol. The maximum Gasteiger partial charge on any atom is 0.367 e. The van der Waals surface area contributed by atoms with Gasteiger partial charge in [0.25, 0.3) is 0 Å². The summed E-state index contributed by atoms with van der Waals surface area (Å²) in [5.41, 5.74) is 0.162. The normalized spacial score (nSPS) is 17.6. The molecule has 0 aromatic carbocycles. The summed E-state index contributed by atoms with van der Waals surface area (Å²) in [7, 11) is 3.86. The summed E-state index contributed by atoms with van der Waals surface area (Å²) < 4.78 is -1.79. The van der Waals surface area contributed by atoms with Gasteiger partial charge < -0.3 is 9.74 Å². The topological polar surface area (TPSA) is 41.9 Å². The van der Waals surface area contributed by atoms with Gasteiger partial charge in [-0.05, 0) is 18.2 Å². The van der Waals surface area contributed by atoms with Crippen LogP contribution in [0.15, 0.2) is 22.9 Å². The first-order valence-electron chi connectivity index (χ1n) is 5.15. The summed E-state index contributed by atoms with van der Waals surface area (Å²) in [6.45, 7) is 0. The van der Waals surface area contributed by atoms with E-state index in [1.54, 1.807) is 6.08 Å². The Labute approximate surface area is 129 Å². The van der Waals surface area contributed by atoms with Gasteiger partial charge in [-0.15, -0.1) is 11.3 Å². The number of hydrogen-bond donors (Lipinski definition) is 0. The Morgan fingerprint density at radius 3 is 2.58 bits per heavy atom. The Balaban J connectivity index is 2.35. The van der Waals surface area contributed by atoms with Crippen LogP contribution in [0.4, 0.5) is 5.00 Å². The molecule has 0 unspecified atom stereocenters. The molecule has 0 saturated heterocycles. The van der Waals surface area contributed by atoms with E-state index in [9.17, 15) is 4.79 Å². The lowest BCUT2D eigenvalue weighted by Gasteiger charge is -2.08. The molecule has 0 amide bonds. The van der Waals surface area contributed by atoms with Crippen molar-refractivity contribution in [1.82, 2.24) is 0 Å². The monoisotopic (exact) mass is 338 g/mol. The van der Waals surface area contributed by atoms with Crippen molar-refractivity contribution in [3.63, 3.8) is 0 Å². The van der Waals surface area contributed by atoms with Crippen molar-refractivity contribution >= 4 is 68.9 Å². The van der Waals surface area contributed by atoms with Gasteiger partial charge in [0, 0.05) is 19.0 Å².